The predicted molar refractivity (Wildman–Crippen MR) is 91.3 cm³/mol. The van der Waals surface area contributed by atoms with Crippen molar-refractivity contribution in [3.05, 3.63) is 58.4 Å². The normalized spacial score (nSPS) is 10.9. The maximum absolute atomic E-state index is 13.9. The molecule has 0 fully saturated rings. The second kappa shape index (κ2) is 7.71. The van der Waals surface area contributed by atoms with Crippen molar-refractivity contribution in [1.82, 2.24) is 0 Å². The number of benzene rings is 2. The third kappa shape index (κ3) is 4.12. The van der Waals surface area contributed by atoms with Gasteiger partial charge in [0.15, 0.2) is 0 Å². The van der Waals surface area contributed by atoms with Crippen molar-refractivity contribution >= 4 is 39.3 Å². The van der Waals surface area contributed by atoms with Gasteiger partial charge < -0.3 is 9.47 Å². The molecule has 0 aliphatic carbocycles. The van der Waals surface area contributed by atoms with Crippen molar-refractivity contribution in [2.75, 3.05) is 18.9 Å². The smallest absolute Gasteiger partial charge is 0.339 e. The summed E-state index contributed by atoms with van der Waals surface area (Å²) in [6, 6.07) is 6.58. The summed E-state index contributed by atoms with van der Waals surface area (Å²) in [5.74, 6) is -2.67. The lowest BCUT2D eigenvalue weighted by atomic mass is 10.1. The monoisotopic (exact) mass is 401 g/mol. The Morgan fingerprint density at radius 3 is 2.27 bits per heavy atom. The van der Waals surface area contributed by atoms with Gasteiger partial charge >= 0.3 is 11.9 Å². The summed E-state index contributed by atoms with van der Waals surface area (Å²) in [4.78, 5) is 23.0. The molecule has 26 heavy (non-hydrogen) atoms. The minimum absolute atomic E-state index is 0.0772. The zero-order valence-corrected chi connectivity index (χ0v) is 15.2. The van der Waals surface area contributed by atoms with Gasteiger partial charge in [-0.25, -0.2) is 22.4 Å². The van der Waals surface area contributed by atoms with Crippen molar-refractivity contribution in [1.29, 1.82) is 0 Å². The molecule has 2 aromatic carbocycles. The van der Waals surface area contributed by atoms with Crippen LogP contribution in [0.15, 0.2) is 41.3 Å². The number of methoxy groups -OCH3 is 2. The lowest BCUT2D eigenvalue weighted by Crippen LogP contribution is -2.19. The van der Waals surface area contributed by atoms with E-state index in [-0.39, 0.29) is 21.8 Å². The van der Waals surface area contributed by atoms with E-state index in [1.54, 1.807) is 0 Å². The molecule has 0 unspecified atom stereocenters. The molecule has 2 rings (SSSR count). The fourth-order valence-electron chi connectivity index (χ4n) is 2.04. The first-order chi connectivity index (χ1) is 12.2. The maximum Gasteiger partial charge on any atom is 0.339 e. The van der Waals surface area contributed by atoms with Crippen molar-refractivity contribution in [3.8, 4) is 0 Å². The Balaban J connectivity index is 2.58. The van der Waals surface area contributed by atoms with E-state index in [1.165, 1.54) is 12.1 Å². The molecule has 1 N–H and O–H groups in total. The van der Waals surface area contributed by atoms with Crippen LogP contribution < -0.4 is 4.72 Å². The zero-order valence-electron chi connectivity index (χ0n) is 13.6. The molecule has 0 aromatic heterocycles. The lowest BCUT2D eigenvalue weighted by Gasteiger charge is -2.13. The predicted octanol–water partition coefficient (Wildman–Crippen LogP) is 2.85. The first-order valence-electron chi connectivity index (χ1n) is 6.98. The summed E-state index contributed by atoms with van der Waals surface area (Å²) < 4.78 is 50.3. The third-order valence-corrected chi connectivity index (χ3v) is 4.91. The maximum atomic E-state index is 13.9. The van der Waals surface area contributed by atoms with Crippen LogP contribution in [0.25, 0.3) is 0 Å². The fraction of sp³-hybridized carbons (Fsp3) is 0.125. The van der Waals surface area contributed by atoms with Gasteiger partial charge in [-0.1, -0.05) is 11.6 Å². The molecule has 0 spiro atoms. The number of hydrogen-bond donors (Lipinski definition) is 1. The lowest BCUT2D eigenvalue weighted by molar-refractivity contribution is 0.0583. The van der Waals surface area contributed by atoms with Crippen molar-refractivity contribution < 1.29 is 31.9 Å². The molecule has 0 bridgehead atoms. The summed E-state index contributed by atoms with van der Waals surface area (Å²) in [5, 5.41) is 0.0772. The number of anilines is 1. The van der Waals surface area contributed by atoms with Crippen LogP contribution in [0.5, 0.6) is 0 Å². The van der Waals surface area contributed by atoms with Gasteiger partial charge in [0.05, 0.1) is 31.0 Å². The highest BCUT2D eigenvalue weighted by molar-refractivity contribution is 7.92. The SMILES string of the molecule is COC(=O)c1ccc(C(=O)OC)c(S(=O)(=O)Nc2ccc(Cl)cc2F)c1. The largest absolute Gasteiger partial charge is 0.465 e. The van der Waals surface area contributed by atoms with Crippen LogP contribution in [0.3, 0.4) is 0 Å². The van der Waals surface area contributed by atoms with Crippen LogP contribution in [-0.2, 0) is 19.5 Å². The first kappa shape index (κ1) is 19.7. The molecule has 0 aliphatic heterocycles. The standard InChI is InChI=1S/C16H13ClFNO6S/c1-24-15(20)9-3-5-11(16(21)25-2)14(7-9)26(22,23)19-13-6-4-10(17)8-12(13)18/h3-8,19H,1-2H3. The molecule has 0 atom stereocenters. The van der Waals surface area contributed by atoms with Gasteiger partial charge in [0.2, 0.25) is 0 Å². The van der Waals surface area contributed by atoms with Gasteiger partial charge in [-0.05, 0) is 36.4 Å². The fourth-order valence-corrected chi connectivity index (χ4v) is 3.49. The van der Waals surface area contributed by atoms with Gasteiger partial charge in [0, 0.05) is 5.02 Å². The van der Waals surface area contributed by atoms with E-state index in [9.17, 15) is 22.4 Å². The van der Waals surface area contributed by atoms with E-state index in [0.29, 0.717) is 0 Å². The number of halogens is 2. The number of carbonyl (C=O) groups excluding carboxylic acids is 2. The molecule has 0 saturated heterocycles. The molecule has 0 radical (unpaired) electrons. The molecule has 10 heteroatoms. The quantitative estimate of drug-likeness (QED) is 0.773. The summed E-state index contributed by atoms with van der Waals surface area (Å²) in [7, 11) is -2.25. The molecular formula is C16H13ClFNO6S. The summed E-state index contributed by atoms with van der Waals surface area (Å²) in [6.07, 6.45) is 0. The first-order valence-corrected chi connectivity index (χ1v) is 8.84. The second-order valence-electron chi connectivity index (χ2n) is 4.92. The van der Waals surface area contributed by atoms with Crippen LogP contribution in [-0.4, -0.2) is 34.6 Å². The van der Waals surface area contributed by atoms with Crippen molar-refractivity contribution in [2.45, 2.75) is 4.90 Å². The molecule has 2 aromatic rings. The van der Waals surface area contributed by atoms with Crippen LogP contribution in [0.2, 0.25) is 5.02 Å². The Labute approximate surface area is 153 Å². The number of nitrogens with one attached hydrogen (secondary N) is 1. The highest BCUT2D eigenvalue weighted by atomic mass is 35.5. The van der Waals surface area contributed by atoms with E-state index < -0.39 is 32.7 Å². The average molecular weight is 402 g/mol. The third-order valence-electron chi connectivity index (χ3n) is 3.27. The van der Waals surface area contributed by atoms with E-state index >= 15 is 0 Å². The minimum atomic E-state index is -4.44. The summed E-state index contributed by atoms with van der Waals surface area (Å²) in [6.45, 7) is 0. The molecule has 0 amide bonds. The zero-order chi connectivity index (χ0) is 19.5. The highest BCUT2D eigenvalue weighted by Gasteiger charge is 2.26. The number of esters is 2. The minimum Gasteiger partial charge on any atom is -0.465 e. The van der Waals surface area contributed by atoms with Crippen LogP contribution in [0.4, 0.5) is 10.1 Å². The Bertz CT molecular complexity index is 977. The van der Waals surface area contributed by atoms with Gasteiger partial charge in [-0.15, -0.1) is 0 Å². The Kier molecular flexibility index (Phi) is 5.83. The average Bonchev–Trinajstić information content (AvgIpc) is 2.62. The van der Waals surface area contributed by atoms with Gasteiger partial charge in [0.25, 0.3) is 10.0 Å². The van der Waals surface area contributed by atoms with Crippen LogP contribution in [0.1, 0.15) is 20.7 Å². The van der Waals surface area contributed by atoms with E-state index in [2.05, 4.69) is 9.47 Å². The molecule has 0 saturated carbocycles. The van der Waals surface area contributed by atoms with E-state index in [4.69, 9.17) is 11.6 Å². The molecule has 138 valence electrons. The van der Waals surface area contributed by atoms with E-state index in [1.807, 2.05) is 4.72 Å². The Morgan fingerprint density at radius 1 is 1.04 bits per heavy atom. The Morgan fingerprint density at radius 2 is 1.69 bits per heavy atom. The van der Waals surface area contributed by atoms with Gasteiger partial charge in [-0.3, -0.25) is 4.72 Å². The number of carbonyl (C=O) groups is 2. The summed E-state index contributed by atoms with van der Waals surface area (Å²) >= 11 is 5.63. The topological polar surface area (TPSA) is 98.8 Å². The van der Waals surface area contributed by atoms with Crippen molar-refractivity contribution in [3.63, 3.8) is 0 Å². The number of ether oxygens (including phenoxy) is 2. The molecular weight excluding hydrogens is 389 g/mol. The molecule has 7 nitrogen and oxygen atoms in total. The van der Waals surface area contributed by atoms with Crippen LogP contribution >= 0.6 is 11.6 Å². The van der Waals surface area contributed by atoms with E-state index in [0.717, 1.165) is 38.5 Å². The van der Waals surface area contributed by atoms with Crippen molar-refractivity contribution in [2.24, 2.45) is 0 Å². The number of sulfonamides is 1. The molecule has 0 heterocycles. The molecule has 0 aliphatic rings. The Hall–Kier alpha value is -2.65. The van der Waals surface area contributed by atoms with Gasteiger partial charge in [0.1, 0.15) is 10.7 Å². The second-order valence-corrected chi connectivity index (χ2v) is 7.01. The number of hydrogen-bond acceptors (Lipinski definition) is 6. The van der Waals surface area contributed by atoms with Crippen LogP contribution in [0, 0.1) is 5.82 Å². The number of rotatable bonds is 5. The highest BCUT2D eigenvalue weighted by Crippen LogP contribution is 2.25. The summed E-state index contributed by atoms with van der Waals surface area (Å²) in [5.41, 5.74) is -0.826. The van der Waals surface area contributed by atoms with Gasteiger partial charge in [-0.2, -0.15) is 0 Å².